The van der Waals surface area contributed by atoms with Gasteiger partial charge in [0.25, 0.3) is 5.56 Å². The van der Waals surface area contributed by atoms with Gasteiger partial charge in [0.2, 0.25) is 0 Å². The minimum Gasteiger partial charge on any atom is -0.398 e. The summed E-state index contributed by atoms with van der Waals surface area (Å²) < 4.78 is 15.5. The molecule has 0 radical (unpaired) electrons. The minimum atomic E-state index is -0.327. The molecule has 0 amide bonds. The van der Waals surface area contributed by atoms with Crippen molar-refractivity contribution in [2.45, 2.75) is 6.54 Å². The number of rotatable bonds is 2. The van der Waals surface area contributed by atoms with Crippen molar-refractivity contribution in [2.24, 2.45) is 0 Å². The molecular formula is C12H9Br2FN2O. The molecule has 2 rings (SSSR count). The fraction of sp³-hybridized carbons (Fsp3) is 0.0833. The van der Waals surface area contributed by atoms with E-state index in [2.05, 4.69) is 31.9 Å². The zero-order valence-electron chi connectivity index (χ0n) is 9.16. The van der Waals surface area contributed by atoms with E-state index in [9.17, 15) is 9.18 Å². The lowest BCUT2D eigenvalue weighted by molar-refractivity contribution is 0.624. The summed E-state index contributed by atoms with van der Waals surface area (Å²) in [4.78, 5) is 11.9. The molecule has 1 aromatic carbocycles. The van der Waals surface area contributed by atoms with Gasteiger partial charge in [0.05, 0.1) is 11.0 Å². The van der Waals surface area contributed by atoms with Gasteiger partial charge < -0.3 is 10.3 Å². The SMILES string of the molecule is Nc1cc(Br)c(=O)n(Cc2ccc(F)cc2Br)c1. The Kier molecular flexibility index (Phi) is 3.87. The van der Waals surface area contributed by atoms with Crippen LogP contribution < -0.4 is 11.3 Å². The van der Waals surface area contributed by atoms with Crippen molar-refractivity contribution in [1.82, 2.24) is 4.57 Å². The molecule has 3 nitrogen and oxygen atoms in total. The number of aromatic nitrogens is 1. The number of benzene rings is 1. The summed E-state index contributed by atoms with van der Waals surface area (Å²) in [7, 11) is 0. The first-order valence-electron chi connectivity index (χ1n) is 5.07. The Morgan fingerprint density at radius 3 is 2.61 bits per heavy atom. The number of halogens is 3. The molecule has 0 aliphatic heterocycles. The Bertz CT molecular complexity index is 655. The van der Waals surface area contributed by atoms with Gasteiger partial charge in [0, 0.05) is 16.4 Å². The van der Waals surface area contributed by atoms with E-state index in [0.29, 0.717) is 21.2 Å². The summed E-state index contributed by atoms with van der Waals surface area (Å²) >= 11 is 6.42. The quantitative estimate of drug-likeness (QED) is 0.876. The molecule has 0 fully saturated rings. The van der Waals surface area contributed by atoms with Crippen molar-refractivity contribution in [3.8, 4) is 0 Å². The number of nitrogens with zero attached hydrogens (tertiary/aromatic N) is 1. The van der Waals surface area contributed by atoms with Crippen molar-refractivity contribution in [3.05, 3.63) is 61.1 Å². The van der Waals surface area contributed by atoms with Gasteiger partial charge in [0.15, 0.2) is 0 Å². The molecule has 0 aliphatic rings. The minimum absolute atomic E-state index is 0.180. The molecule has 0 aliphatic carbocycles. The molecule has 18 heavy (non-hydrogen) atoms. The molecule has 0 spiro atoms. The molecule has 2 aromatic rings. The maximum Gasteiger partial charge on any atom is 0.265 e. The Morgan fingerprint density at radius 1 is 1.22 bits per heavy atom. The normalized spacial score (nSPS) is 10.6. The number of hydrogen-bond acceptors (Lipinski definition) is 2. The van der Waals surface area contributed by atoms with Gasteiger partial charge in [-0.25, -0.2) is 4.39 Å². The van der Waals surface area contributed by atoms with E-state index in [1.807, 2.05) is 0 Å². The van der Waals surface area contributed by atoms with E-state index in [-0.39, 0.29) is 11.4 Å². The van der Waals surface area contributed by atoms with Crippen LogP contribution in [-0.2, 0) is 6.54 Å². The lowest BCUT2D eigenvalue weighted by atomic mass is 10.2. The predicted molar refractivity (Wildman–Crippen MR) is 76.0 cm³/mol. The predicted octanol–water partition coefficient (Wildman–Crippen LogP) is 3.14. The van der Waals surface area contributed by atoms with Gasteiger partial charge in [-0.1, -0.05) is 22.0 Å². The second-order valence-corrected chi connectivity index (χ2v) is 5.50. The van der Waals surface area contributed by atoms with Crippen LogP contribution in [0.2, 0.25) is 0 Å². The van der Waals surface area contributed by atoms with E-state index in [0.717, 1.165) is 5.56 Å². The smallest absolute Gasteiger partial charge is 0.265 e. The van der Waals surface area contributed by atoms with Crippen molar-refractivity contribution in [1.29, 1.82) is 0 Å². The maximum absolute atomic E-state index is 13.0. The first-order valence-corrected chi connectivity index (χ1v) is 6.65. The van der Waals surface area contributed by atoms with E-state index >= 15 is 0 Å². The average Bonchev–Trinajstić information content (AvgIpc) is 2.29. The van der Waals surface area contributed by atoms with Gasteiger partial charge in [-0.2, -0.15) is 0 Å². The third-order valence-corrected chi connectivity index (χ3v) is 3.73. The summed E-state index contributed by atoms with van der Waals surface area (Å²) in [6.45, 7) is 0.323. The molecule has 94 valence electrons. The van der Waals surface area contributed by atoms with Gasteiger partial charge in [-0.05, 0) is 39.7 Å². The van der Waals surface area contributed by atoms with Crippen LogP contribution in [0.4, 0.5) is 10.1 Å². The number of nitrogens with two attached hydrogens (primary N) is 1. The van der Waals surface area contributed by atoms with E-state index in [1.165, 1.54) is 16.7 Å². The second-order valence-electron chi connectivity index (χ2n) is 3.79. The Balaban J connectivity index is 2.43. The zero-order valence-corrected chi connectivity index (χ0v) is 12.3. The second kappa shape index (κ2) is 5.24. The van der Waals surface area contributed by atoms with Crippen LogP contribution in [0.15, 0.2) is 44.2 Å². The van der Waals surface area contributed by atoms with Gasteiger partial charge in [0.1, 0.15) is 5.82 Å². The number of anilines is 1. The van der Waals surface area contributed by atoms with Crippen molar-refractivity contribution < 1.29 is 4.39 Å². The monoisotopic (exact) mass is 374 g/mol. The molecule has 2 N–H and O–H groups in total. The Morgan fingerprint density at radius 2 is 1.94 bits per heavy atom. The van der Waals surface area contributed by atoms with Crippen LogP contribution in [0.1, 0.15) is 5.56 Å². The highest BCUT2D eigenvalue weighted by Gasteiger charge is 2.06. The Labute approximate surface area is 120 Å². The molecule has 6 heteroatoms. The summed E-state index contributed by atoms with van der Waals surface area (Å²) in [6, 6.07) is 5.90. The largest absolute Gasteiger partial charge is 0.398 e. The number of hydrogen-bond donors (Lipinski definition) is 1. The highest BCUT2D eigenvalue weighted by Crippen LogP contribution is 2.19. The molecule has 1 heterocycles. The standard InChI is InChI=1S/C12H9Br2FN2O/c13-10-3-8(15)2-1-7(10)5-17-6-9(16)4-11(14)12(17)18/h1-4,6H,5,16H2. The van der Waals surface area contributed by atoms with Crippen molar-refractivity contribution in [3.63, 3.8) is 0 Å². The molecular weight excluding hydrogens is 367 g/mol. The van der Waals surface area contributed by atoms with Crippen LogP contribution in [0.5, 0.6) is 0 Å². The van der Waals surface area contributed by atoms with E-state index in [1.54, 1.807) is 18.3 Å². The van der Waals surface area contributed by atoms with Gasteiger partial charge in [-0.3, -0.25) is 4.79 Å². The van der Waals surface area contributed by atoms with Crippen LogP contribution in [0.3, 0.4) is 0 Å². The molecule has 0 bridgehead atoms. The molecule has 0 unspecified atom stereocenters. The lowest BCUT2D eigenvalue weighted by Crippen LogP contribution is -2.21. The molecule has 0 saturated carbocycles. The van der Waals surface area contributed by atoms with E-state index in [4.69, 9.17) is 5.73 Å². The van der Waals surface area contributed by atoms with Crippen LogP contribution in [-0.4, -0.2) is 4.57 Å². The van der Waals surface area contributed by atoms with Gasteiger partial charge >= 0.3 is 0 Å². The van der Waals surface area contributed by atoms with E-state index < -0.39 is 0 Å². The third kappa shape index (κ3) is 2.81. The van der Waals surface area contributed by atoms with Crippen molar-refractivity contribution in [2.75, 3.05) is 5.73 Å². The number of pyridine rings is 1. The van der Waals surface area contributed by atoms with Crippen LogP contribution >= 0.6 is 31.9 Å². The first-order chi connectivity index (χ1) is 8.47. The molecule has 0 saturated heterocycles. The fourth-order valence-corrected chi connectivity index (χ4v) is 2.54. The summed E-state index contributed by atoms with van der Waals surface area (Å²) in [5.41, 5.74) is 6.79. The summed E-state index contributed by atoms with van der Waals surface area (Å²) in [5, 5.41) is 0. The highest BCUT2D eigenvalue weighted by atomic mass is 79.9. The van der Waals surface area contributed by atoms with Crippen LogP contribution in [0.25, 0.3) is 0 Å². The topological polar surface area (TPSA) is 48.0 Å². The lowest BCUT2D eigenvalue weighted by Gasteiger charge is -2.09. The maximum atomic E-state index is 13.0. The summed E-state index contributed by atoms with van der Waals surface area (Å²) in [6.07, 6.45) is 1.56. The van der Waals surface area contributed by atoms with Crippen molar-refractivity contribution >= 4 is 37.5 Å². The number of nitrogen functional groups attached to an aromatic ring is 1. The molecule has 0 atom stereocenters. The third-order valence-electron chi connectivity index (χ3n) is 2.42. The Hall–Kier alpha value is -1.14. The average molecular weight is 376 g/mol. The van der Waals surface area contributed by atoms with Crippen LogP contribution in [0, 0.1) is 5.82 Å². The molecule has 1 aromatic heterocycles. The first kappa shape index (κ1) is 13.3. The van der Waals surface area contributed by atoms with Gasteiger partial charge in [-0.15, -0.1) is 0 Å². The fourth-order valence-electron chi connectivity index (χ4n) is 1.57. The highest BCUT2D eigenvalue weighted by molar-refractivity contribution is 9.10. The zero-order chi connectivity index (χ0) is 13.3. The summed E-state index contributed by atoms with van der Waals surface area (Å²) in [5.74, 6) is -0.327.